The molecule has 0 aliphatic carbocycles. The van der Waals surface area contributed by atoms with Gasteiger partial charge in [-0.15, -0.1) is 0 Å². The van der Waals surface area contributed by atoms with Crippen molar-refractivity contribution in [3.8, 4) is 0 Å². The van der Waals surface area contributed by atoms with E-state index in [1.54, 1.807) is 0 Å². The van der Waals surface area contributed by atoms with Gasteiger partial charge in [-0.1, -0.05) is 6.92 Å². The van der Waals surface area contributed by atoms with E-state index in [4.69, 9.17) is 0 Å². The average molecular weight is 296 g/mol. The number of carbonyl (C=O) groups is 2. The van der Waals surface area contributed by atoms with Crippen LogP contribution in [-0.4, -0.2) is 85.9 Å². The molecule has 0 aromatic carbocycles. The van der Waals surface area contributed by atoms with Crippen LogP contribution in [0.3, 0.4) is 0 Å². The molecule has 2 amide bonds. The van der Waals surface area contributed by atoms with E-state index in [0.717, 1.165) is 19.4 Å². The number of amides is 2. The fourth-order valence-corrected chi connectivity index (χ4v) is 3.12. The normalized spacial score (nSPS) is 27.0. The first-order valence-corrected chi connectivity index (χ1v) is 7.93. The molecule has 2 unspecified atom stereocenters. The molecule has 0 aromatic heterocycles. The molecule has 6 nitrogen and oxygen atoms in total. The predicted molar refractivity (Wildman–Crippen MR) is 81.9 cm³/mol. The zero-order chi connectivity index (χ0) is 15.4. The summed E-state index contributed by atoms with van der Waals surface area (Å²) >= 11 is 0. The number of hydrogen-bond donors (Lipinski definition) is 1. The van der Waals surface area contributed by atoms with Crippen molar-refractivity contribution in [3.63, 3.8) is 0 Å². The molecule has 1 N–H and O–H groups in total. The van der Waals surface area contributed by atoms with Gasteiger partial charge >= 0.3 is 0 Å². The molecule has 0 radical (unpaired) electrons. The van der Waals surface area contributed by atoms with E-state index in [1.165, 1.54) is 0 Å². The van der Waals surface area contributed by atoms with Gasteiger partial charge in [0.2, 0.25) is 11.8 Å². The first-order valence-electron chi connectivity index (χ1n) is 7.93. The largest absolute Gasteiger partial charge is 0.338 e. The molecular weight excluding hydrogens is 268 g/mol. The Bertz CT molecular complexity index is 378. The van der Waals surface area contributed by atoms with Gasteiger partial charge in [-0.05, 0) is 39.4 Å². The minimum Gasteiger partial charge on any atom is -0.338 e. The number of nitrogens with one attached hydrogen (secondary N) is 1. The number of piperazine rings is 1. The van der Waals surface area contributed by atoms with Crippen LogP contribution >= 0.6 is 0 Å². The Morgan fingerprint density at radius 1 is 1.14 bits per heavy atom. The van der Waals surface area contributed by atoms with E-state index in [2.05, 4.69) is 12.2 Å². The average Bonchev–Trinajstić information content (AvgIpc) is 2.46. The Kier molecular flexibility index (Phi) is 5.58. The Balaban J connectivity index is 1.83. The number of hydrogen-bond acceptors (Lipinski definition) is 4. The fourth-order valence-electron chi connectivity index (χ4n) is 3.12. The lowest BCUT2D eigenvalue weighted by molar-refractivity contribution is -0.142. The van der Waals surface area contributed by atoms with Gasteiger partial charge < -0.3 is 20.0 Å². The molecule has 21 heavy (non-hydrogen) atoms. The van der Waals surface area contributed by atoms with E-state index in [1.807, 2.05) is 28.8 Å². The molecule has 2 aliphatic rings. The van der Waals surface area contributed by atoms with E-state index < -0.39 is 0 Å². The smallest absolute Gasteiger partial charge is 0.240 e. The SMILES string of the molecule is CC1CCCNC1C(=O)N1CCN(C(=O)CN(C)C)CC1. The summed E-state index contributed by atoms with van der Waals surface area (Å²) in [4.78, 5) is 30.2. The Morgan fingerprint density at radius 3 is 2.33 bits per heavy atom. The molecule has 2 saturated heterocycles. The zero-order valence-electron chi connectivity index (χ0n) is 13.5. The van der Waals surface area contributed by atoms with Crippen LogP contribution in [0.25, 0.3) is 0 Å². The summed E-state index contributed by atoms with van der Waals surface area (Å²) < 4.78 is 0. The van der Waals surface area contributed by atoms with Crippen molar-refractivity contribution in [1.82, 2.24) is 20.0 Å². The van der Waals surface area contributed by atoms with Gasteiger partial charge in [0.05, 0.1) is 12.6 Å². The lowest BCUT2D eigenvalue weighted by Crippen LogP contribution is -2.58. The van der Waals surface area contributed by atoms with Crippen LogP contribution in [0.4, 0.5) is 0 Å². The molecule has 2 rings (SSSR count). The molecule has 2 fully saturated rings. The molecular formula is C15H28N4O2. The molecule has 0 saturated carbocycles. The first kappa shape index (κ1) is 16.2. The van der Waals surface area contributed by atoms with Gasteiger partial charge in [0.15, 0.2) is 0 Å². The second kappa shape index (κ2) is 7.22. The van der Waals surface area contributed by atoms with Crippen molar-refractivity contribution in [3.05, 3.63) is 0 Å². The highest BCUT2D eigenvalue weighted by molar-refractivity contribution is 5.83. The van der Waals surface area contributed by atoms with Crippen molar-refractivity contribution in [2.24, 2.45) is 5.92 Å². The molecule has 2 heterocycles. The van der Waals surface area contributed by atoms with Crippen LogP contribution in [-0.2, 0) is 9.59 Å². The third kappa shape index (κ3) is 4.17. The maximum Gasteiger partial charge on any atom is 0.240 e. The van der Waals surface area contributed by atoms with Gasteiger partial charge in [-0.3, -0.25) is 9.59 Å². The number of likely N-dealkylation sites (N-methyl/N-ethyl adjacent to an activating group) is 1. The highest BCUT2D eigenvalue weighted by Crippen LogP contribution is 2.18. The maximum atomic E-state index is 12.6. The maximum absolute atomic E-state index is 12.6. The molecule has 120 valence electrons. The van der Waals surface area contributed by atoms with Gasteiger partial charge in [0.25, 0.3) is 0 Å². The van der Waals surface area contributed by atoms with E-state index in [-0.39, 0.29) is 17.9 Å². The third-order valence-electron chi connectivity index (χ3n) is 4.43. The summed E-state index contributed by atoms with van der Waals surface area (Å²) in [7, 11) is 3.79. The van der Waals surface area contributed by atoms with Gasteiger partial charge in [0, 0.05) is 26.2 Å². The summed E-state index contributed by atoms with van der Waals surface area (Å²) in [6, 6.07) is -0.0391. The second-order valence-corrected chi connectivity index (χ2v) is 6.50. The minimum atomic E-state index is -0.0391. The second-order valence-electron chi connectivity index (χ2n) is 6.50. The van der Waals surface area contributed by atoms with Crippen LogP contribution in [0.15, 0.2) is 0 Å². The fraction of sp³-hybridized carbons (Fsp3) is 0.867. The quantitative estimate of drug-likeness (QED) is 0.770. The molecule has 2 atom stereocenters. The number of piperidine rings is 1. The summed E-state index contributed by atoms with van der Waals surface area (Å²) in [5.41, 5.74) is 0. The van der Waals surface area contributed by atoms with Crippen molar-refractivity contribution in [2.45, 2.75) is 25.8 Å². The van der Waals surface area contributed by atoms with E-state index in [9.17, 15) is 9.59 Å². The molecule has 6 heteroatoms. The summed E-state index contributed by atoms with van der Waals surface area (Å²) in [6.07, 6.45) is 2.27. The van der Waals surface area contributed by atoms with Crippen LogP contribution in [0.5, 0.6) is 0 Å². The lowest BCUT2D eigenvalue weighted by atomic mass is 9.91. The molecule has 0 bridgehead atoms. The summed E-state index contributed by atoms with van der Waals surface area (Å²) in [5.74, 6) is 0.762. The van der Waals surface area contributed by atoms with Crippen molar-refractivity contribution in [1.29, 1.82) is 0 Å². The summed E-state index contributed by atoms with van der Waals surface area (Å²) in [5, 5.41) is 3.35. The predicted octanol–water partition coefficient (Wildman–Crippen LogP) is -0.393. The van der Waals surface area contributed by atoms with Crippen molar-refractivity contribution >= 4 is 11.8 Å². The molecule has 2 aliphatic heterocycles. The lowest BCUT2D eigenvalue weighted by Gasteiger charge is -2.39. The van der Waals surface area contributed by atoms with E-state index >= 15 is 0 Å². The monoisotopic (exact) mass is 296 g/mol. The highest BCUT2D eigenvalue weighted by Gasteiger charge is 2.33. The Morgan fingerprint density at radius 2 is 1.76 bits per heavy atom. The number of nitrogens with zero attached hydrogens (tertiary/aromatic N) is 3. The molecule has 0 aromatic rings. The standard InChI is InChI=1S/C15H28N4O2/c1-12-5-4-6-16-14(12)15(21)19-9-7-18(8-10-19)13(20)11-17(2)3/h12,14,16H,4-11H2,1-3H3. The van der Waals surface area contributed by atoms with Crippen LogP contribution in [0.2, 0.25) is 0 Å². The molecule has 0 spiro atoms. The Labute approximate surface area is 127 Å². The third-order valence-corrected chi connectivity index (χ3v) is 4.43. The zero-order valence-corrected chi connectivity index (χ0v) is 13.5. The number of carbonyl (C=O) groups excluding carboxylic acids is 2. The first-order chi connectivity index (χ1) is 9.99. The minimum absolute atomic E-state index is 0.0391. The van der Waals surface area contributed by atoms with Crippen LogP contribution in [0.1, 0.15) is 19.8 Å². The Hall–Kier alpha value is -1.14. The van der Waals surface area contributed by atoms with Gasteiger partial charge in [0.1, 0.15) is 0 Å². The highest BCUT2D eigenvalue weighted by atomic mass is 16.2. The van der Waals surface area contributed by atoms with Crippen molar-refractivity contribution in [2.75, 3.05) is 53.4 Å². The van der Waals surface area contributed by atoms with Gasteiger partial charge in [-0.25, -0.2) is 0 Å². The van der Waals surface area contributed by atoms with Crippen molar-refractivity contribution < 1.29 is 9.59 Å². The van der Waals surface area contributed by atoms with E-state index in [0.29, 0.717) is 38.6 Å². The van der Waals surface area contributed by atoms with Gasteiger partial charge in [-0.2, -0.15) is 0 Å². The van der Waals surface area contributed by atoms with Crippen LogP contribution < -0.4 is 5.32 Å². The number of rotatable bonds is 3. The van der Waals surface area contributed by atoms with Crippen LogP contribution in [0, 0.1) is 5.92 Å². The summed E-state index contributed by atoms with van der Waals surface area (Å²) in [6.45, 7) is 6.13. The topological polar surface area (TPSA) is 55.9 Å².